The van der Waals surface area contributed by atoms with Crippen LogP contribution in [0.5, 0.6) is 0 Å². The Morgan fingerprint density at radius 3 is 2.00 bits per heavy atom. The molecule has 0 aromatic carbocycles. The maximum atomic E-state index is 12.0. The first kappa shape index (κ1) is 12.1. The summed E-state index contributed by atoms with van der Waals surface area (Å²) < 4.78 is 1.12. The molecule has 0 atom stereocenters. The van der Waals surface area contributed by atoms with Crippen molar-refractivity contribution in [2.75, 3.05) is 0 Å². The van der Waals surface area contributed by atoms with Crippen LogP contribution in [0.25, 0.3) is 0 Å². The van der Waals surface area contributed by atoms with Gasteiger partial charge < -0.3 is 5.11 Å². The van der Waals surface area contributed by atoms with Gasteiger partial charge in [-0.2, -0.15) is 0 Å². The number of nitrogens with zero attached hydrogens (tertiary/aromatic N) is 1. The standard InChI is InChI=1S/C11H19NO3/c1-10(2)6-8(5-9(13)14)7-11(3,4)12(10)15/h8H,5-7H2,1-4H3/p+1. The van der Waals surface area contributed by atoms with Gasteiger partial charge in [0.15, 0.2) is 0 Å². The number of carboxylic acids is 1. The number of carbonyl (C=O) groups is 1. The van der Waals surface area contributed by atoms with E-state index in [1.54, 1.807) is 0 Å². The first-order valence-corrected chi connectivity index (χ1v) is 5.34. The average molecular weight is 214 g/mol. The lowest BCUT2D eigenvalue weighted by Crippen LogP contribution is -2.53. The van der Waals surface area contributed by atoms with Crippen LogP contribution in [0.1, 0.15) is 47.0 Å². The molecule has 0 radical (unpaired) electrons. The molecule has 1 aliphatic rings. The van der Waals surface area contributed by atoms with Gasteiger partial charge in [-0.1, -0.05) is 0 Å². The highest BCUT2D eigenvalue weighted by Gasteiger charge is 2.53. The van der Waals surface area contributed by atoms with Crippen LogP contribution in [-0.4, -0.2) is 26.9 Å². The Balaban J connectivity index is 2.84. The van der Waals surface area contributed by atoms with Crippen LogP contribution in [0.4, 0.5) is 0 Å². The summed E-state index contributed by atoms with van der Waals surface area (Å²) in [4.78, 5) is 22.6. The van der Waals surface area contributed by atoms with Crippen LogP contribution in [0.2, 0.25) is 0 Å². The summed E-state index contributed by atoms with van der Waals surface area (Å²) in [5, 5.41) is 8.78. The molecule has 1 aliphatic heterocycles. The summed E-state index contributed by atoms with van der Waals surface area (Å²) in [5.74, 6) is -0.663. The van der Waals surface area contributed by atoms with E-state index in [1.807, 2.05) is 27.7 Å². The zero-order valence-electron chi connectivity index (χ0n) is 9.91. The van der Waals surface area contributed by atoms with E-state index in [9.17, 15) is 9.70 Å². The fraction of sp³-hybridized carbons (Fsp3) is 0.909. The minimum Gasteiger partial charge on any atom is -0.481 e. The molecule has 4 nitrogen and oxygen atoms in total. The van der Waals surface area contributed by atoms with Crippen LogP contribution in [0.3, 0.4) is 0 Å². The highest BCUT2D eigenvalue weighted by molar-refractivity contribution is 5.67. The Hall–Kier alpha value is -0.930. The van der Waals surface area contributed by atoms with Crippen LogP contribution in [-0.2, 0) is 4.79 Å². The molecule has 1 N–H and O–H groups in total. The monoisotopic (exact) mass is 214 g/mol. The third-order valence-electron chi connectivity index (χ3n) is 3.14. The van der Waals surface area contributed by atoms with Crippen molar-refractivity contribution in [3.8, 4) is 0 Å². The number of rotatable bonds is 2. The minimum atomic E-state index is -0.772. The van der Waals surface area contributed by atoms with Gasteiger partial charge in [-0.25, -0.2) is 0 Å². The number of nitroso groups, excluding NO2 is 1. The van der Waals surface area contributed by atoms with Gasteiger partial charge in [0, 0.05) is 56.6 Å². The van der Waals surface area contributed by atoms with E-state index >= 15 is 0 Å². The van der Waals surface area contributed by atoms with E-state index in [1.165, 1.54) is 0 Å². The molecule has 1 saturated heterocycles. The zero-order chi connectivity index (χ0) is 11.9. The van der Waals surface area contributed by atoms with Crippen molar-refractivity contribution >= 4 is 5.97 Å². The topological polar surface area (TPSA) is 57.4 Å². The molecule has 86 valence electrons. The van der Waals surface area contributed by atoms with Crippen molar-refractivity contribution in [3.63, 3.8) is 0 Å². The normalized spacial score (nSPS) is 25.2. The maximum Gasteiger partial charge on any atom is 0.303 e. The maximum absolute atomic E-state index is 12.0. The van der Waals surface area contributed by atoms with E-state index in [-0.39, 0.29) is 12.3 Å². The van der Waals surface area contributed by atoms with Gasteiger partial charge in [-0.3, -0.25) is 4.79 Å². The molecule has 0 aromatic heterocycles. The van der Waals surface area contributed by atoms with E-state index < -0.39 is 17.0 Å². The Morgan fingerprint density at radius 1 is 1.27 bits per heavy atom. The molecule has 15 heavy (non-hydrogen) atoms. The highest BCUT2D eigenvalue weighted by atomic mass is 16.4. The molecular formula is C11H20NO3+. The predicted octanol–water partition coefficient (Wildman–Crippen LogP) is 2.21. The van der Waals surface area contributed by atoms with E-state index in [4.69, 9.17) is 5.11 Å². The second-order valence-electron chi connectivity index (χ2n) is 5.79. The third-order valence-corrected chi connectivity index (χ3v) is 3.14. The van der Waals surface area contributed by atoms with Crippen molar-refractivity contribution in [1.29, 1.82) is 0 Å². The average Bonchev–Trinajstić information content (AvgIpc) is 1.97. The van der Waals surface area contributed by atoms with Gasteiger partial charge in [0.2, 0.25) is 11.1 Å². The van der Waals surface area contributed by atoms with Crippen LogP contribution < -0.4 is 0 Å². The van der Waals surface area contributed by atoms with Gasteiger partial charge in [-0.05, 0) is 5.92 Å². The first-order chi connectivity index (χ1) is 6.65. The molecule has 0 aliphatic carbocycles. The number of hydrogen-bond donors (Lipinski definition) is 1. The second-order valence-corrected chi connectivity index (χ2v) is 5.79. The zero-order valence-corrected chi connectivity index (χ0v) is 9.91. The van der Waals surface area contributed by atoms with Crippen LogP contribution in [0.15, 0.2) is 0 Å². The lowest BCUT2D eigenvalue weighted by molar-refractivity contribution is -0.695. The van der Waals surface area contributed by atoms with Gasteiger partial charge in [0.05, 0.1) is 0 Å². The predicted molar refractivity (Wildman–Crippen MR) is 56.8 cm³/mol. The lowest BCUT2D eigenvalue weighted by atomic mass is 9.74. The van der Waals surface area contributed by atoms with E-state index in [0.29, 0.717) is 12.8 Å². The minimum absolute atomic E-state index is 0.109. The molecule has 0 bridgehead atoms. The Labute approximate surface area is 90.2 Å². The van der Waals surface area contributed by atoms with Crippen LogP contribution >= 0.6 is 0 Å². The summed E-state index contributed by atoms with van der Waals surface area (Å²) in [7, 11) is 0. The van der Waals surface area contributed by atoms with Gasteiger partial charge in [0.25, 0.3) is 0 Å². The molecule has 1 fully saturated rings. The molecule has 0 spiro atoms. The SMILES string of the molecule is CC1(C)CC(CC(=O)O)CC(C)(C)[N+]1=O. The van der Waals surface area contributed by atoms with Crippen molar-refractivity contribution in [1.82, 2.24) is 0 Å². The highest BCUT2D eigenvalue weighted by Crippen LogP contribution is 2.39. The summed E-state index contributed by atoms with van der Waals surface area (Å²) in [6.07, 6.45) is 1.49. The fourth-order valence-corrected chi connectivity index (χ4v) is 2.86. The van der Waals surface area contributed by atoms with Crippen molar-refractivity contribution in [2.45, 2.75) is 58.0 Å². The molecule has 0 unspecified atom stereocenters. The summed E-state index contributed by atoms with van der Waals surface area (Å²) in [6, 6.07) is 0. The Bertz CT molecular complexity index is 274. The Morgan fingerprint density at radius 2 is 1.67 bits per heavy atom. The van der Waals surface area contributed by atoms with Crippen molar-refractivity contribution in [2.24, 2.45) is 5.92 Å². The molecular weight excluding hydrogens is 194 g/mol. The van der Waals surface area contributed by atoms with E-state index in [2.05, 4.69) is 0 Å². The quantitative estimate of drug-likeness (QED) is 0.717. The second kappa shape index (κ2) is 3.58. The number of piperidine rings is 1. The number of hydrogen-bond acceptors (Lipinski definition) is 2. The summed E-state index contributed by atoms with van der Waals surface area (Å²) in [5.41, 5.74) is -0.913. The number of aliphatic carboxylic acids is 1. The van der Waals surface area contributed by atoms with Gasteiger partial charge in [-0.15, -0.1) is 0 Å². The van der Waals surface area contributed by atoms with E-state index in [0.717, 1.165) is 4.76 Å². The Kier molecular flexibility index (Phi) is 2.90. The van der Waals surface area contributed by atoms with Crippen molar-refractivity contribution in [3.05, 3.63) is 4.91 Å². The first-order valence-electron chi connectivity index (χ1n) is 5.34. The molecule has 0 saturated carbocycles. The fourth-order valence-electron chi connectivity index (χ4n) is 2.86. The van der Waals surface area contributed by atoms with Gasteiger partial charge in [0.1, 0.15) is 0 Å². The van der Waals surface area contributed by atoms with Crippen molar-refractivity contribution < 1.29 is 14.7 Å². The molecule has 4 heteroatoms. The molecule has 1 heterocycles. The number of carboxylic acid groups (broad SMARTS) is 1. The van der Waals surface area contributed by atoms with Crippen LogP contribution in [0, 0.1) is 10.8 Å². The summed E-state index contributed by atoms with van der Waals surface area (Å²) in [6.45, 7) is 7.54. The smallest absolute Gasteiger partial charge is 0.303 e. The third kappa shape index (κ3) is 2.55. The largest absolute Gasteiger partial charge is 0.481 e. The molecule has 0 aromatic rings. The molecule has 0 amide bonds. The van der Waals surface area contributed by atoms with Gasteiger partial charge >= 0.3 is 5.97 Å². The lowest BCUT2D eigenvalue weighted by Gasteiger charge is -2.36. The molecule has 1 rings (SSSR count). The summed E-state index contributed by atoms with van der Waals surface area (Å²) >= 11 is 0.